The predicted molar refractivity (Wildman–Crippen MR) is 104 cm³/mol. The van der Waals surface area contributed by atoms with Crippen LogP contribution < -0.4 is 10.6 Å². The van der Waals surface area contributed by atoms with E-state index in [0.717, 1.165) is 5.82 Å². The molecule has 1 saturated heterocycles. The lowest BCUT2D eigenvalue weighted by Crippen LogP contribution is -2.44. The van der Waals surface area contributed by atoms with Crippen molar-refractivity contribution in [1.29, 1.82) is 0 Å². The van der Waals surface area contributed by atoms with Crippen LogP contribution in [0.15, 0.2) is 11.1 Å². The van der Waals surface area contributed by atoms with Crippen molar-refractivity contribution in [2.45, 2.75) is 36.8 Å². The lowest BCUT2D eigenvalue weighted by molar-refractivity contribution is 0.0985. The van der Waals surface area contributed by atoms with Crippen LogP contribution in [0, 0.1) is 0 Å². The van der Waals surface area contributed by atoms with Crippen LogP contribution in [-0.2, 0) is 19.3 Å². The lowest BCUT2D eigenvalue weighted by atomic mass is 10.1. The van der Waals surface area contributed by atoms with Crippen molar-refractivity contribution in [3.63, 3.8) is 0 Å². The van der Waals surface area contributed by atoms with Gasteiger partial charge in [-0.1, -0.05) is 11.8 Å². The number of aromatic nitrogens is 2. The van der Waals surface area contributed by atoms with Crippen LogP contribution in [-0.4, -0.2) is 62.2 Å². The monoisotopic (exact) mass is 399 g/mol. The molecule has 26 heavy (non-hydrogen) atoms. The van der Waals surface area contributed by atoms with Crippen molar-refractivity contribution in [3.05, 3.63) is 17.6 Å². The van der Waals surface area contributed by atoms with Crippen molar-refractivity contribution in [2.24, 2.45) is 10.7 Å². The normalized spacial score (nSPS) is 24.6. The molecule has 2 N–H and O–H groups in total. The van der Waals surface area contributed by atoms with Crippen molar-refractivity contribution in [1.82, 2.24) is 9.97 Å². The number of anilines is 1. The maximum Gasteiger partial charge on any atom is 0.158 e. The molecule has 10 heteroatoms. The molecule has 2 aliphatic rings. The molecule has 0 spiro atoms. The van der Waals surface area contributed by atoms with E-state index in [1.807, 2.05) is 0 Å². The summed E-state index contributed by atoms with van der Waals surface area (Å²) < 4.78 is 29.1. The molecule has 144 valence electrons. The summed E-state index contributed by atoms with van der Waals surface area (Å²) in [5, 5.41) is 0.410. The summed E-state index contributed by atoms with van der Waals surface area (Å²) in [7, 11) is -3.36. The molecule has 1 unspecified atom stereocenters. The zero-order valence-electron chi connectivity index (χ0n) is 15.5. The van der Waals surface area contributed by atoms with Crippen molar-refractivity contribution >= 4 is 32.6 Å². The van der Waals surface area contributed by atoms with Crippen molar-refractivity contribution in [2.75, 3.05) is 37.5 Å². The van der Waals surface area contributed by atoms with Crippen LogP contribution in [0.25, 0.3) is 0 Å². The minimum atomic E-state index is -3.36. The zero-order valence-corrected chi connectivity index (χ0v) is 17.1. The van der Waals surface area contributed by atoms with Crippen LogP contribution in [0.3, 0.4) is 0 Å². The highest BCUT2D eigenvalue weighted by atomic mass is 32.2. The first-order valence-corrected chi connectivity index (χ1v) is 11.3. The van der Waals surface area contributed by atoms with E-state index in [9.17, 15) is 8.42 Å². The van der Waals surface area contributed by atoms with E-state index in [2.05, 4.69) is 21.8 Å². The van der Waals surface area contributed by atoms with E-state index in [0.29, 0.717) is 43.0 Å². The Bertz CT molecular complexity index is 825. The first kappa shape index (κ1) is 19.4. The van der Waals surface area contributed by atoms with Gasteiger partial charge in [0.05, 0.1) is 36.7 Å². The number of hydrogen-bond acceptors (Lipinski definition) is 9. The average Bonchev–Trinajstić information content (AvgIpc) is 3.00. The number of hydrogen-bond donors (Lipinski definition) is 1. The summed E-state index contributed by atoms with van der Waals surface area (Å²) in [5.41, 5.74) is 6.28. The molecule has 1 aromatic rings. The van der Waals surface area contributed by atoms with Gasteiger partial charge in [0, 0.05) is 18.9 Å². The highest BCUT2D eigenvalue weighted by molar-refractivity contribution is 8.14. The summed E-state index contributed by atoms with van der Waals surface area (Å²) in [6.07, 6.45) is 1.23. The smallest absolute Gasteiger partial charge is 0.158 e. The first-order valence-electron chi connectivity index (χ1n) is 8.49. The molecule has 1 aromatic heterocycles. The van der Waals surface area contributed by atoms with Gasteiger partial charge in [-0.25, -0.2) is 18.4 Å². The quantitative estimate of drug-likeness (QED) is 0.801. The third-order valence-corrected chi connectivity index (χ3v) is 7.98. The van der Waals surface area contributed by atoms with Gasteiger partial charge in [0.15, 0.2) is 15.0 Å². The maximum atomic E-state index is 12.3. The molecular weight excluding hydrogens is 374 g/mol. The lowest BCUT2D eigenvalue weighted by Gasteiger charge is -2.35. The number of nitrogens with two attached hydrogens (primary N) is 1. The minimum absolute atomic E-state index is 0.0968. The van der Waals surface area contributed by atoms with E-state index < -0.39 is 14.6 Å². The molecule has 0 aromatic carbocycles. The zero-order chi connectivity index (χ0) is 19.1. The Morgan fingerprint density at radius 2 is 2.12 bits per heavy atom. The van der Waals surface area contributed by atoms with E-state index >= 15 is 0 Å². The second-order valence-electron chi connectivity index (χ2n) is 7.15. The number of ether oxygens (including phenoxy) is 1. The number of nitrogens with zero attached hydrogens (tertiary/aromatic N) is 4. The first-order chi connectivity index (χ1) is 12.1. The van der Waals surface area contributed by atoms with Crippen molar-refractivity contribution in [3.8, 4) is 0 Å². The number of amidine groups is 1. The fourth-order valence-corrected chi connectivity index (χ4v) is 4.12. The Labute approximate surface area is 158 Å². The van der Waals surface area contributed by atoms with Gasteiger partial charge in [0.1, 0.15) is 16.4 Å². The van der Waals surface area contributed by atoms with Gasteiger partial charge in [-0.15, -0.1) is 0 Å². The minimum Gasteiger partial charge on any atom is -0.379 e. The molecule has 0 aliphatic carbocycles. The van der Waals surface area contributed by atoms with Gasteiger partial charge in [0.25, 0.3) is 0 Å². The van der Waals surface area contributed by atoms with Gasteiger partial charge < -0.3 is 15.4 Å². The fourth-order valence-electron chi connectivity index (χ4n) is 2.84. The van der Waals surface area contributed by atoms with Gasteiger partial charge in [-0.3, -0.25) is 4.99 Å². The van der Waals surface area contributed by atoms with E-state index in [1.54, 1.807) is 19.9 Å². The highest BCUT2D eigenvalue weighted by Gasteiger charge is 2.36. The fraction of sp³-hybridized carbons (Fsp3) is 0.688. The SMILES string of the molecule is C[C@H]1COCCN1c1cc(C(C)(C)S(C)(=O)=O)nc(C2CN=C(N)S2)n1. The van der Waals surface area contributed by atoms with Crippen LogP contribution in [0.4, 0.5) is 5.82 Å². The summed E-state index contributed by atoms with van der Waals surface area (Å²) in [6, 6.07) is 1.94. The third kappa shape index (κ3) is 3.67. The second-order valence-corrected chi connectivity index (χ2v) is 10.9. The third-order valence-electron chi connectivity index (χ3n) is 4.90. The van der Waals surface area contributed by atoms with Crippen LogP contribution in [0.1, 0.15) is 37.5 Å². The van der Waals surface area contributed by atoms with E-state index in [1.165, 1.54) is 18.0 Å². The summed E-state index contributed by atoms with van der Waals surface area (Å²) in [4.78, 5) is 15.7. The molecular formula is C16H25N5O3S2. The molecule has 1 fully saturated rings. The predicted octanol–water partition coefficient (Wildman–Crippen LogP) is 1.08. The summed E-state index contributed by atoms with van der Waals surface area (Å²) >= 11 is 1.41. The molecule has 0 saturated carbocycles. The van der Waals surface area contributed by atoms with Crippen LogP contribution in [0.2, 0.25) is 0 Å². The van der Waals surface area contributed by atoms with Crippen LogP contribution in [0.5, 0.6) is 0 Å². The standard InChI is InChI=1S/C16H25N5O3S2/c1-10-9-24-6-5-21(10)13-7-12(16(2,3)26(4,22)23)19-14(20-13)11-8-18-15(17)25-11/h7,10-11H,5-6,8-9H2,1-4H3,(H2,17,18)/t10-,11?/m0/s1. The van der Waals surface area contributed by atoms with Gasteiger partial charge in [-0.2, -0.15) is 0 Å². The summed E-state index contributed by atoms with van der Waals surface area (Å²) in [6.45, 7) is 7.83. The number of rotatable bonds is 4. The second kappa shape index (κ2) is 6.97. The maximum absolute atomic E-state index is 12.3. The molecule has 2 aliphatic heterocycles. The number of sulfone groups is 1. The molecule has 0 bridgehead atoms. The molecule has 3 rings (SSSR count). The van der Waals surface area contributed by atoms with Crippen LogP contribution >= 0.6 is 11.8 Å². The molecule has 8 nitrogen and oxygen atoms in total. The van der Waals surface area contributed by atoms with Gasteiger partial charge >= 0.3 is 0 Å². The Morgan fingerprint density at radius 3 is 2.69 bits per heavy atom. The number of aliphatic imine (C=N–C) groups is 1. The van der Waals surface area contributed by atoms with E-state index in [-0.39, 0.29) is 11.3 Å². The molecule has 2 atom stereocenters. The Hall–Kier alpha value is -1.39. The van der Waals surface area contributed by atoms with Gasteiger partial charge in [0.2, 0.25) is 0 Å². The van der Waals surface area contributed by atoms with Crippen molar-refractivity contribution < 1.29 is 13.2 Å². The van der Waals surface area contributed by atoms with Gasteiger partial charge in [-0.05, 0) is 20.8 Å². The highest BCUT2D eigenvalue weighted by Crippen LogP contribution is 2.36. The average molecular weight is 400 g/mol. The molecule has 0 amide bonds. The topological polar surface area (TPSA) is 111 Å². The summed E-state index contributed by atoms with van der Waals surface area (Å²) in [5.74, 6) is 1.30. The van der Waals surface area contributed by atoms with E-state index in [4.69, 9.17) is 15.5 Å². The Balaban J connectivity index is 2.08. The number of morpholine rings is 1. The molecule has 0 radical (unpaired) electrons. The number of thioether (sulfide) groups is 1. The molecule has 3 heterocycles. The Morgan fingerprint density at radius 1 is 1.38 bits per heavy atom. The largest absolute Gasteiger partial charge is 0.379 e. The Kier molecular flexibility index (Phi) is 5.19.